The molecule has 4 rings (SSSR count). The molecule has 0 aliphatic heterocycles. The zero-order chi connectivity index (χ0) is 21.3. The van der Waals surface area contributed by atoms with Crippen LogP contribution in [0.3, 0.4) is 0 Å². The molecule has 1 heterocycles. The molecule has 0 aliphatic carbocycles. The number of nitrogens with one attached hydrogen (secondary N) is 1. The van der Waals surface area contributed by atoms with Crippen molar-refractivity contribution < 1.29 is 12.8 Å². The van der Waals surface area contributed by atoms with Gasteiger partial charge in [0, 0.05) is 16.3 Å². The van der Waals surface area contributed by atoms with Crippen molar-refractivity contribution in [2.45, 2.75) is 23.8 Å². The van der Waals surface area contributed by atoms with E-state index in [0.29, 0.717) is 10.7 Å². The third-order valence-electron chi connectivity index (χ3n) is 4.66. The van der Waals surface area contributed by atoms with E-state index in [2.05, 4.69) is 10.3 Å². The molecular weight excluding hydrogens is 420 g/mol. The Balaban J connectivity index is 1.85. The number of hydrogen-bond donors (Lipinski definition) is 1. The van der Waals surface area contributed by atoms with Gasteiger partial charge in [-0.2, -0.15) is 4.98 Å². The molecule has 30 heavy (non-hydrogen) atoms. The predicted octanol–water partition coefficient (Wildman–Crippen LogP) is 6.19. The molecule has 0 amide bonds. The fraction of sp³-hybridized carbons (Fsp3) is 0.0870. The summed E-state index contributed by atoms with van der Waals surface area (Å²) in [5.74, 6) is 0.284. The molecule has 0 bridgehead atoms. The Hall–Kier alpha value is -3.09. The molecular formula is C23H19ClN2O3S. The maximum absolute atomic E-state index is 13.4. The van der Waals surface area contributed by atoms with E-state index < -0.39 is 9.84 Å². The lowest BCUT2D eigenvalue weighted by Gasteiger charge is -2.06. The summed E-state index contributed by atoms with van der Waals surface area (Å²) in [7, 11) is -3.91. The van der Waals surface area contributed by atoms with E-state index in [1.807, 2.05) is 38.1 Å². The molecule has 0 saturated heterocycles. The summed E-state index contributed by atoms with van der Waals surface area (Å²) in [5.41, 5.74) is 3.25. The summed E-state index contributed by atoms with van der Waals surface area (Å²) in [6.45, 7) is 3.82. The highest BCUT2D eigenvalue weighted by Gasteiger charge is 2.29. The summed E-state index contributed by atoms with van der Waals surface area (Å²) < 4.78 is 32.6. The van der Waals surface area contributed by atoms with Crippen LogP contribution in [0, 0.1) is 13.8 Å². The third kappa shape index (κ3) is 3.97. The molecule has 3 aromatic carbocycles. The average Bonchev–Trinajstić information content (AvgIpc) is 3.15. The number of halogens is 1. The van der Waals surface area contributed by atoms with Crippen LogP contribution in [0.5, 0.6) is 0 Å². The Morgan fingerprint density at radius 1 is 0.900 bits per heavy atom. The van der Waals surface area contributed by atoms with Crippen molar-refractivity contribution in [1.29, 1.82) is 0 Å². The van der Waals surface area contributed by atoms with E-state index in [4.69, 9.17) is 16.0 Å². The Bertz CT molecular complexity index is 1300. The molecule has 5 nitrogen and oxygen atoms in total. The van der Waals surface area contributed by atoms with E-state index in [0.717, 1.165) is 16.7 Å². The number of aryl methyl sites for hydroxylation is 2. The van der Waals surface area contributed by atoms with Gasteiger partial charge in [0.15, 0.2) is 0 Å². The molecule has 0 radical (unpaired) electrons. The number of aromatic nitrogens is 1. The number of sulfone groups is 1. The summed E-state index contributed by atoms with van der Waals surface area (Å²) in [6.07, 6.45) is 0. The van der Waals surface area contributed by atoms with E-state index in [-0.39, 0.29) is 21.7 Å². The molecule has 0 atom stereocenters. The fourth-order valence-corrected chi connectivity index (χ4v) is 4.37. The van der Waals surface area contributed by atoms with Crippen molar-refractivity contribution in [3.8, 4) is 11.5 Å². The average molecular weight is 439 g/mol. The van der Waals surface area contributed by atoms with Crippen LogP contribution in [-0.2, 0) is 9.84 Å². The van der Waals surface area contributed by atoms with Crippen molar-refractivity contribution in [3.05, 3.63) is 88.9 Å². The molecule has 0 spiro atoms. The molecule has 0 unspecified atom stereocenters. The zero-order valence-electron chi connectivity index (χ0n) is 16.4. The number of rotatable bonds is 5. The second-order valence-corrected chi connectivity index (χ2v) is 9.22. The summed E-state index contributed by atoms with van der Waals surface area (Å²) in [4.78, 5) is 4.53. The molecule has 0 saturated carbocycles. The van der Waals surface area contributed by atoms with Gasteiger partial charge in [-0.1, -0.05) is 47.5 Å². The van der Waals surface area contributed by atoms with Crippen LogP contribution in [0.25, 0.3) is 11.5 Å². The van der Waals surface area contributed by atoms with Gasteiger partial charge < -0.3 is 9.73 Å². The van der Waals surface area contributed by atoms with Gasteiger partial charge in [-0.25, -0.2) is 8.42 Å². The Labute approximate surface area is 180 Å². The minimum Gasteiger partial charge on any atom is -0.419 e. The van der Waals surface area contributed by atoms with Gasteiger partial charge in [0.05, 0.1) is 4.90 Å². The van der Waals surface area contributed by atoms with Crippen LogP contribution in [0.2, 0.25) is 5.02 Å². The molecule has 152 valence electrons. The highest BCUT2D eigenvalue weighted by Crippen LogP contribution is 2.35. The van der Waals surface area contributed by atoms with E-state index in [1.54, 1.807) is 48.5 Å². The van der Waals surface area contributed by atoms with Crippen molar-refractivity contribution in [1.82, 2.24) is 4.98 Å². The SMILES string of the molecule is Cc1ccc(S(=O)(=O)c2nc(-c3ccccc3C)oc2Nc2ccc(Cl)cc2)cc1. The maximum Gasteiger partial charge on any atom is 0.238 e. The topological polar surface area (TPSA) is 72.2 Å². The second kappa shape index (κ2) is 7.97. The molecule has 1 aromatic heterocycles. The molecule has 0 aliphatic rings. The lowest BCUT2D eigenvalue weighted by molar-refractivity contribution is 0.581. The standard InChI is InChI=1S/C23H19ClN2O3S/c1-15-7-13-19(14-8-15)30(27,28)23-22(25-18-11-9-17(24)10-12-18)29-21(26-23)20-6-4-3-5-16(20)2/h3-14,25H,1-2H3. The van der Waals surface area contributed by atoms with Gasteiger partial charge in [-0.05, 0) is 61.9 Å². The summed E-state index contributed by atoms with van der Waals surface area (Å²) in [6, 6.07) is 21.0. The summed E-state index contributed by atoms with van der Waals surface area (Å²) >= 11 is 5.95. The first-order chi connectivity index (χ1) is 14.3. The van der Waals surface area contributed by atoms with Crippen molar-refractivity contribution in [3.63, 3.8) is 0 Å². The fourth-order valence-electron chi connectivity index (χ4n) is 2.99. The Morgan fingerprint density at radius 3 is 2.23 bits per heavy atom. The molecule has 4 aromatic rings. The lowest BCUT2D eigenvalue weighted by Crippen LogP contribution is -2.05. The van der Waals surface area contributed by atoms with Gasteiger partial charge in [0.25, 0.3) is 0 Å². The number of benzene rings is 3. The first-order valence-corrected chi connectivity index (χ1v) is 11.1. The first-order valence-electron chi connectivity index (χ1n) is 9.26. The quantitative estimate of drug-likeness (QED) is 0.402. The van der Waals surface area contributed by atoms with Gasteiger partial charge in [0.2, 0.25) is 26.6 Å². The molecule has 0 fully saturated rings. The number of hydrogen-bond acceptors (Lipinski definition) is 5. The van der Waals surface area contributed by atoms with Crippen LogP contribution >= 0.6 is 11.6 Å². The Morgan fingerprint density at radius 2 is 1.57 bits per heavy atom. The van der Waals surface area contributed by atoms with Crippen molar-refractivity contribution in [2.75, 3.05) is 5.32 Å². The highest BCUT2D eigenvalue weighted by molar-refractivity contribution is 7.91. The highest BCUT2D eigenvalue weighted by atomic mass is 35.5. The third-order valence-corrected chi connectivity index (χ3v) is 6.59. The van der Waals surface area contributed by atoms with Crippen LogP contribution in [0.15, 0.2) is 87.1 Å². The van der Waals surface area contributed by atoms with Gasteiger partial charge in [-0.15, -0.1) is 0 Å². The maximum atomic E-state index is 13.4. The molecule has 7 heteroatoms. The minimum absolute atomic E-state index is 0.0520. The normalized spacial score (nSPS) is 11.4. The van der Waals surface area contributed by atoms with Gasteiger partial charge in [-0.3, -0.25) is 0 Å². The molecule has 1 N–H and O–H groups in total. The number of oxazole rings is 1. The van der Waals surface area contributed by atoms with Crippen LogP contribution in [0.4, 0.5) is 11.6 Å². The van der Waals surface area contributed by atoms with Crippen LogP contribution in [-0.4, -0.2) is 13.4 Å². The van der Waals surface area contributed by atoms with E-state index in [9.17, 15) is 8.42 Å². The van der Waals surface area contributed by atoms with E-state index in [1.165, 1.54) is 0 Å². The predicted molar refractivity (Wildman–Crippen MR) is 118 cm³/mol. The lowest BCUT2D eigenvalue weighted by atomic mass is 10.1. The monoisotopic (exact) mass is 438 g/mol. The summed E-state index contributed by atoms with van der Waals surface area (Å²) in [5, 5.41) is 3.44. The second-order valence-electron chi connectivity index (χ2n) is 6.92. The largest absolute Gasteiger partial charge is 0.419 e. The van der Waals surface area contributed by atoms with Crippen molar-refractivity contribution in [2.24, 2.45) is 0 Å². The first kappa shape index (κ1) is 20.2. The number of anilines is 2. The smallest absolute Gasteiger partial charge is 0.238 e. The number of nitrogens with zero attached hydrogens (tertiary/aromatic N) is 1. The Kier molecular flexibility index (Phi) is 5.37. The van der Waals surface area contributed by atoms with Crippen LogP contribution < -0.4 is 5.32 Å². The van der Waals surface area contributed by atoms with E-state index >= 15 is 0 Å². The van der Waals surface area contributed by atoms with Crippen molar-refractivity contribution >= 4 is 33.0 Å². The zero-order valence-corrected chi connectivity index (χ0v) is 18.0. The van der Waals surface area contributed by atoms with Gasteiger partial charge in [0.1, 0.15) is 0 Å². The van der Waals surface area contributed by atoms with Gasteiger partial charge >= 0.3 is 0 Å². The minimum atomic E-state index is -3.91. The van der Waals surface area contributed by atoms with Crippen LogP contribution in [0.1, 0.15) is 11.1 Å².